The van der Waals surface area contributed by atoms with Crippen LogP contribution in [-0.4, -0.2) is 43.5 Å². The van der Waals surface area contributed by atoms with Gasteiger partial charge in [0.1, 0.15) is 17.2 Å². The lowest BCUT2D eigenvalue weighted by molar-refractivity contribution is -0.384. The summed E-state index contributed by atoms with van der Waals surface area (Å²) in [6.45, 7) is 0.922. The lowest BCUT2D eigenvalue weighted by Gasteiger charge is -2.13. The zero-order valence-corrected chi connectivity index (χ0v) is 18.2. The molecule has 0 aromatic heterocycles. The van der Waals surface area contributed by atoms with E-state index < -0.39 is 10.8 Å². The van der Waals surface area contributed by atoms with Gasteiger partial charge in [-0.1, -0.05) is 12.1 Å². The summed E-state index contributed by atoms with van der Waals surface area (Å²) < 4.78 is 11.0. The third-order valence-corrected chi connectivity index (χ3v) is 4.77. The van der Waals surface area contributed by atoms with Crippen LogP contribution in [0.2, 0.25) is 0 Å². The highest BCUT2D eigenvalue weighted by atomic mass is 16.6. The second-order valence-electron chi connectivity index (χ2n) is 7.42. The molecule has 0 atom stereocenters. The van der Waals surface area contributed by atoms with E-state index in [4.69, 9.17) is 9.47 Å². The Morgan fingerprint density at radius 3 is 2.25 bits per heavy atom. The molecular formula is C24H25N3O5. The number of non-ortho nitro benzene ring substituents is 1. The lowest BCUT2D eigenvalue weighted by Crippen LogP contribution is -2.15. The summed E-state index contributed by atoms with van der Waals surface area (Å²) in [5, 5.41) is 14.0. The van der Waals surface area contributed by atoms with Crippen LogP contribution >= 0.6 is 0 Å². The predicted molar refractivity (Wildman–Crippen MR) is 123 cm³/mol. The number of rotatable bonds is 9. The fourth-order valence-electron chi connectivity index (χ4n) is 2.97. The number of nitrogens with zero attached hydrogens (tertiary/aromatic N) is 2. The maximum atomic E-state index is 13.0. The van der Waals surface area contributed by atoms with Gasteiger partial charge in [0.05, 0.1) is 17.6 Å². The van der Waals surface area contributed by atoms with Gasteiger partial charge in [-0.25, -0.2) is 0 Å². The quantitative estimate of drug-likeness (QED) is 0.385. The highest BCUT2D eigenvalue weighted by Gasteiger charge is 2.19. The number of amides is 1. The highest BCUT2D eigenvalue weighted by molar-refractivity contribution is 6.06. The molecular weight excluding hydrogens is 410 g/mol. The van der Waals surface area contributed by atoms with E-state index in [1.165, 1.54) is 18.2 Å². The summed E-state index contributed by atoms with van der Waals surface area (Å²) in [6.07, 6.45) is 0.895. The Balaban J connectivity index is 1.81. The minimum Gasteiger partial charge on any atom is -0.497 e. The number of nitrogens with one attached hydrogen (secondary N) is 1. The Bertz CT molecular complexity index is 1080. The van der Waals surface area contributed by atoms with Crippen molar-refractivity contribution in [3.8, 4) is 17.2 Å². The molecule has 0 heterocycles. The van der Waals surface area contributed by atoms with Gasteiger partial charge >= 0.3 is 0 Å². The number of methoxy groups -OCH3 is 1. The van der Waals surface area contributed by atoms with Crippen LogP contribution in [-0.2, 0) is 6.42 Å². The molecule has 8 heteroatoms. The van der Waals surface area contributed by atoms with Gasteiger partial charge in [0, 0.05) is 24.4 Å². The van der Waals surface area contributed by atoms with Crippen LogP contribution in [0.4, 0.5) is 11.4 Å². The number of carbonyl (C=O) groups is 1. The SMILES string of the molecule is COc1ccc(Oc2ccc([N+](=O)[O-])cc2C(=O)Nc2ccc(CCN(C)C)cc2)cc1. The van der Waals surface area contributed by atoms with Crippen LogP contribution in [0.25, 0.3) is 0 Å². The molecule has 8 nitrogen and oxygen atoms in total. The zero-order valence-electron chi connectivity index (χ0n) is 18.2. The van der Waals surface area contributed by atoms with Crippen LogP contribution < -0.4 is 14.8 Å². The van der Waals surface area contributed by atoms with E-state index in [1.807, 2.05) is 38.4 Å². The van der Waals surface area contributed by atoms with Crippen molar-refractivity contribution in [2.75, 3.05) is 33.1 Å². The maximum Gasteiger partial charge on any atom is 0.270 e. The summed E-state index contributed by atoms with van der Waals surface area (Å²) in [5.41, 5.74) is 1.60. The van der Waals surface area contributed by atoms with E-state index in [-0.39, 0.29) is 17.0 Å². The first-order chi connectivity index (χ1) is 15.4. The highest BCUT2D eigenvalue weighted by Crippen LogP contribution is 2.30. The van der Waals surface area contributed by atoms with Gasteiger partial charge < -0.3 is 19.7 Å². The Morgan fingerprint density at radius 2 is 1.66 bits per heavy atom. The van der Waals surface area contributed by atoms with Crippen molar-refractivity contribution < 1.29 is 19.2 Å². The minimum absolute atomic E-state index is 0.0618. The third-order valence-electron chi connectivity index (χ3n) is 4.77. The second kappa shape index (κ2) is 10.4. The molecule has 166 valence electrons. The molecule has 0 saturated heterocycles. The standard InChI is InChI=1S/C24H25N3O5/c1-26(2)15-14-17-4-6-18(7-5-17)25-24(28)22-16-19(27(29)30)8-13-23(22)32-21-11-9-20(31-3)10-12-21/h4-13,16H,14-15H2,1-3H3,(H,25,28). The molecule has 3 aromatic carbocycles. The molecule has 3 aromatic rings. The largest absolute Gasteiger partial charge is 0.497 e. The zero-order chi connectivity index (χ0) is 23.1. The van der Waals surface area contributed by atoms with Crippen LogP contribution in [0.3, 0.4) is 0 Å². The van der Waals surface area contributed by atoms with Gasteiger partial charge in [-0.3, -0.25) is 14.9 Å². The minimum atomic E-state index is -0.548. The normalized spacial score (nSPS) is 10.6. The monoisotopic (exact) mass is 435 g/mol. The van der Waals surface area contributed by atoms with Crippen molar-refractivity contribution >= 4 is 17.3 Å². The van der Waals surface area contributed by atoms with Crippen molar-refractivity contribution in [3.63, 3.8) is 0 Å². The number of anilines is 1. The number of nitro groups is 1. The van der Waals surface area contributed by atoms with Gasteiger partial charge in [-0.2, -0.15) is 0 Å². The number of hydrogen-bond donors (Lipinski definition) is 1. The molecule has 0 fully saturated rings. The van der Waals surface area contributed by atoms with E-state index in [0.29, 0.717) is 17.2 Å². The van der Waals surface area contributed by atoms with Crippen molar-refractivity contribution in [2.24, 2.45) is 0 Å². The van der Waals surface area contributed by atoms with Gasteiger partial charge in [-0.15, -0.1) is 0 Å². The number of likely N-dealkylation sites (N-methyl/N-ethyl adjacent to an activating group) is 1. The fraction of sp³-hybridized carbons (Fsp3) is 0.208. The van der Waals surface area contributed by atoms with Gasteiger partial charge in [0.15, 0.2) is 0 Å². The number of ether oxygens (including phenoxy) is 2. The summed E-state index contributed by atoms with van der Waals surface area (Å²) in [6, 6.07) is 18.3. The van der Waals surface area contributed by atoms with E-state index >= 15 is 0 Å². The molecule has 0 spiro atoms. The molecule has 0 aliphatic rings. The number of benzene rings is 3. The first-order valence-electron chi connectivity index (χ1n) is 10.0. The maximum absolute atomic E-state index is 13.0. The topological polar surface area (TPSA) is 93.9 Å². The Kier molecular flexibility index (Phi) is 7.41. The molecule has 32 heavy (non-hydrogen) atoms. The van der Waals surface area contributed by atoms with Crippen molar-refractivity contribution in [1.82, 2.24) is 4.90 Å². The smallest absolute Gasteiger partial charge is 0.270 e. The van der Waals surface area contributed by atoms with Crippen LogP contribution in [0, 0.1) is 10.1 Å². The molecule has 0 unspecified atom stereocenters. The average molecular weight is 435 g/mol. The molecule has 0 aliphatic heterocycles. The molecule has 3 rings (SSSR count). The van der Waals surface area contributed by atoms with Crippen molar-refractivity contribution in [2.45, 2.75) is 6.42 Å². The van der Waals surface area contributed by atoms with Gasteiger partial charge in [-0.05, 0) is 68.5 Å². The molecule has 0 radical (unpaired) electrons. The van der Waals surface area contributed by atoms with E-state index in [1.54, 1.807) is 31.4 Å². The summed E-state index contributed by atoms with van der Waals surface area (Å²) >= 11 is 0. The third kappa shape index (κ3) is 6.05. The summed E-state index contributed by atoms with van der Waals surface area (Å²) in [7, 11) is 5.59. The molecule has 1 amide bonds. The first-order valence-corrected chi connectivity index (χ1v) is 10.0. The Morgan fingerprint density at radius 1 is 1.00 bits per heavy atom. The average Bonchev–Trinajstić information content (AvgIpc) is 2.79. The molecule has 0 bridgehead atoms. The van der Waals surface area contributed by atoms with Gasteiger partial charge in [0.2, 0.25) is 0 Å². The van der Waals surface area contributed by atoms with Gasteiger partial charge in [0.25, 0.3) is 11.6 Å². The predicted octanol–water partition coefficient (Wildman–Crippen LogP) is 4.75. The number of hydrogen-bond acceptors (Lipinski definition) is 6. The molecule has 0 saturated carbocycles. The Labute approximate surface area is 186 Å². The molecule has 0 aliphatic carbocycles. The van der Waals surface area contributed by atoms with Crippen molar-refractivity contribution in [1.29, 1.82) is 0 Å². The number of nitro benzene ring substituents is 1. The summed E-state index contributed by atoms with van der Waals surface area (Å²) in [4.78, 5) is 25.7. The van der Waals surface area contributed by atoms with E-state index in [2.05, 4.69) is 10.2 Å². The molecule has 1 N–H and O–H groups in total. The van der Waals surface area contributed by atoms with Crippen LogP contribution in [0.1, 0.15) is 15.9 Å². The Hall–Kier alpha value is -3.91. The summed E-state index contributed by atoms with van der Waals surface area (Å²) in [5.74, 6) is 0.839. The fourth-order valence-corrected chi connectivity index (χ4v) is 2.97. The van der Waals surface area contributed by atoms with Crippen LogP contribution in [0.15, 0.2) is 66.7 Å². The van der Waals surface area contributed by atoms with Crippen molar-refractivity contribution in [3.05, 3.63) is 88.0 Å². The van der Waals surface area contributed by atoms with Crippen LogP contribution in [0.5, 0.6) is 17.2 Å². The van der Waals surface area contributed by atoms with E-state index in [0.717, 1.165) is 18.5 Å². The second-order valence-corrected chi connectivity index (χ2v) is 7.42. The van der Waals surface area contributed by atoms with E-state index in [9.17, 15) is 14.9 Å². The first kappa shape index (κ1) is 22.8. The lowest BCUT2D eigenvalue weighted by atomic mass is 10.1. The number of carbonyl (C=O) groups excluding carboxylic acids is 1.